The van der Waals surface area contributed by atoms with Gasteiger partial charge in [0.05, 0.1) is 12.1 Å². The minimum Gasteiger partial charge on any atom is -0.381 e. The summed E-state index contributed by atoms with van der Waals surface area (Å²) in [7, 11) is 1.76. The Hall–Kier alpha value is -3.07. The molecule has 8 nitrogen and oxygen atoms in total. The minimum atomic E-state index is -0.302. The van der Waals surface area contributed by atoms with Crippen molar-refractivity contribution in [1.82, 2.24) is 24.9 Å². The maximum Gasteiger partial charge on any atom is 0.278 e. The van der Waals surface area contributed by atoms with Crippen molar-refractivity contribution >= 4 is 11.6 Å². The van der Waals surface area contributed by atoms with Crippen LogP contribution in [0.1, 0.15) is 29.7 Å². The SMILES string of the molecule is COC1(c2ccc(-c3noc(-c4cc(C)n(Cc5ccc(Cl)nc5)n4)n3)cc2)CCOCC1. The highest BCUT2D eigenvalue weighted by molar-refractivity contribution is 6.29. The van der Waals surface area contributed by atoms with E-state index in [1.807, 2.05) is 35.9 Å². The van der Waals surface area contributed by atoms with Crippen LogP contribution in [0.3, 0.4) is 0 Å². The monoisotopic (exact) mass is 465 g/mol. The van der Waals surface area contributed by atoms with E-state index < -0.39 is 0 Å². The summed E-state index contributed by atoms with van der Waals surface area (Å²) in [5.74, 6) is 0.895. The van der Waals surface area contributed by atoms with Gasteiger partial charge in [0, 0.05) is 50.6 Å². The first-order chi connectivity index (χ1) is 16.1. The molecule has 0 saturated carbocycles. The van der Waals surface area contributed by atoms with Gasteiger partial charge in [-0.3, -0.25) is 4.68 Å². The van der Waals surface area contributed by atoms with E-state index in [4.69, 9.17) is 25.6 Å². The molecule has 0 unspecified atom stereocenters. The topological polar surface area (TPSA) is 88.1 Å². The van der Waals surface area contributed by atoms with E-state index in [2.05, 4.69) is 32.4 Å². The van der Waals surface area contributed by atoms with Gasteiger partial charge in [0.1, 0.15) is 5.15 Å². The zero-order valence-electron chi connectivity index (χ0n) is 18.5. The van der Waals surface area contributed by atoms with Crippen molar-refractivity contribution in [2.45, 2.75) is 31.9 Å². The predicted octanol–water partition coefficient (Wildman–Crippen LogP) is 4.66. The second-order valence-corrected chi connectivity index (χ2v) is 8.52. The normalized spacial score (nSPS) is 15.6. The van der Waals surface area contributed by atoms with Crippen LogP contribution in [0, 0.1) is 6.92 Å². The first-order valence-electron chi connectivity index (χ1n) is 10.8. The third-order valence-corrected chi connectivity index (χ3v) is 6.33. The molecular weight excluding hydrogens is 442 g/mol. The Morgan fingerprint density at radius 3 is 2.61 bits per heavy atom. The van der Waals surface area contributed by atoms with Gasteiger partial charge < -0.3 is 14.0 Å². The number of rotatable bonds is 6. The van der Waals surface area contributed by atoms with Gasteiger partial charge in [0.15, 0.2) is 5.69 Å². The number of aromatic nitrogens is 5. The van der Waals surface area contributed by atoms with Crippen LogP contribution >= 0.6 is 11.6 Å². The van der Waals surface area contributed by atoms with E-state index in [0.717, 1.165) is 35.2 Å². The molecule has 0 bridgehead atoms. The number of benzene rings is 1. The summed E-state index contributed by atoms with van der Waals surface area (Å²) in [5, 5.41) is 9.26. The van der Waals surface area contributed by atoms with E-state index in [0.29, 0.717) is 42.3 Å². The maximum atomic E-state index is 5.88. The van der Waals surface area contributed by atoms with Gasteiger partial charge in [0.2, 0.25) is 5.82 Å². The molecule has 1 aromatic carbocycles. The van der Waals surface area contributed by atoms with Crippen LogP contribution in [0.2, 0.25) is 5.15 Å². The zero-order chi connectivity index (χ0) is 22.8. The van der Waals surface area contributed by atoms with Crippen LogP contribution in [-0.4, -0.2) is 45.2 Å². The maximum absolute atomic E-state index is 5.88. The number of methoxy groups -OCH3 is 1. The largest absolute Gasteiger partial charge is 0.381 e. The molecule has 1 aliphatic rings. The number of halogens is 1. The Balaban J connectivity index is 1.35. The summed E-state index contributed by atoms with van der Waals surface area (Å²) >= 11 is 5.87. The molecule has 1 aliphatic heterocycles. The summed E-state index contributed by atoms with van der Waals surface area (Å²) in [6.45, 7) is 3.96. The van der Waals surface area contributed by atoms with Crippen molar-refractivity contribution in [1.29, 1.82) is 0 Å². The van der Waals surface area contributed by atoms with Gasteiger partial charge >= 0.3 is 0 Å². The van der Waals surface area contributed by atoms with Crippen LogP contribution < -0.4 is 0 Å². The standard InChI is InChI=1S/C24H24ClN5O3/c1-16-13-20(28-30(16)15-17-3-8-21(25)26-14-17)23-27-22(29-33-23)18-4-6-19(7-5-18)24(31-2)9-11-32-12-10-24/h3-8,13-14H,9-12,15H2,1-2H3. The molecule has 5 rings (SSSR count). The molecule has 9 heteroatoms. The first kappa shape index (κ1) is 21.8. The van der Waals surface area contributed by atoms with E-state index in [1.165, 1.54) is 0 Å². The molecule has 0 amide bonds. The number of nitrogens with zero attached hydrogens (tertiary/aromatic N) is 5. The molecule has 1 fully saturated rings. The van der Waals surface area contributed by atoms with Gasteiger partial charge in [-0.25, -0.2) is 4.98 Å². The van der Waals surface area contributed by atoms with Crippen molar-refractivity contribution < 1.29 is 14.0 Å². The third kappa shape index (κ3) is 4.42. The number of hydrogen-bond acceptors (Lipinski definition) is 7. The second kappa shape index (κ2) is 9.05. The van der Waals surface area contributed by atoms with Crippen molar-refractivity contribution in [2.24, 2.45) is 0 Å². The van der Waals surface area contributed by atoms with Gasteiger partial charge in [-0.15, -0.1) is 0 Å². The average molecular weight is 466 g/mol. The summed E-state index contributed by atoms with van der Waals surface area (Å²) in [5.41, 5.74) is 4.31. The average Bonchev–Trinajstić information content (AvgIpc) is 3.48. The smallest absolute Gasteiger partial charge is 0.278 e. The van der Waals surface area contributed by atoms with Crippen molar-refractivity contribution in [3.8, 4) is 23.0 Å². The van der Waals surface area contributed by atoms with Crippen LogP contribution in [0.25, 0.3) is 23.0 Å². The number of ether oxygens (including phenoxy) is 2. The highest BCUT2D eigenvalue weighted by atomic mass is 35.5. The Morgan fingerprint density at radius 2 is 1.91 bits per heavy atom. The molecule has 33 heavy (non-hydrogen) atoms. The fourth-order valence-electron chi connectivity index (χ4n) is 4.13. The van der Waals surface area contributed by atoms with E-state index >= 15 is 0 Å². The molecule has 1 saturated heterocycles. The molecule has 0 radical (unpaired) electrons. The first-order valence-corrected chi connectivity index (χ1v) is 11.2. The number of hydrogen-bond donors (Lipinski definition) is 0. The molecule has 0 atom stereocenters. The summed E-state index contributed by atoms with van der Waals surface area (Å²) in [4.78, 5) is 8.69. The predicted molar refractivity (Wildman–Crippen MR) is 123 cm³/mol. The highest BCUT2D eigenvalue weighted by Crippen LogP contribution is 2.36. The highest BCUT2D eigenvalue weighted by Gasteiger charge is 2.34. The third-order valence-electron chi connectivity index (χ3n) is 6.11. The molecule has 4 heterocycles. The Kier molecular flexibility index (Phi) is 5.97. The molecule has 0 spiro atoms. The van der Waals surface area contributed by atoms with Crippen LogP contribution in [0.5, 0.6) is 0 Å². The van der Waals surface area contributed by atoms with Gasteiger partial charge in [0.25, 0.3) is 5.89 Å². The van der Waals surface area contributed by atoms with Crippen LogP contribution in [-0.2, 0) is 21.6 Å². The number of aryl methyl sites for hydroxylation is 1. The molecular formula is C24H24ClN5O3. The Morgan fingerprint density at radius 1 is 1.12 bits per heavy atom. The number of pyridine rings is 1. The lowest BCUT2D eigenvalue weighted by molar-refractivity contribution is -0.0947. The fraction of sp³-hybridized carbons (Fsp3) is 0.333. The lowest BCUT2D eigenvalue weighted by Crippen LogP contribution is -2.35. The second-order valence-electron chi connectivity index (χ2n) is 8.13. The summed E-state index contributed by atoms with van der Waals surface area (Å²) < 4.78 is 18.8. The van der Waals surface area contributed by atoms with E-state index in [9.17, 15) is 0 Å². The van der Waals surface area contributed by atoms with E-state index in [1.54, 1.807) is 19.4 Å². The Bertz CT molecular complexity index is 1230. The van der Waals surface area contributed by atoms with Gasteiger partial charge in [-0.2, -0.15) is 10.1 Å². The molecule has 3 aromatic heterocycles. The van der Waals surface area contributed by atoms with E-state index in [-0.39, 0.29) is 5.60 Å². The lowest BCUT2D eigenvalue weighted by atomic mass is 9.86. The molecule has 0 aliphatic carbocycles. The molecule has 4 aromatic rings. The van der Waals surface area contributed by atoms with Crippen LogP contribution in [0.4, 0.5) is 0 Å². The lowest BCUT2D eigenvalue weighted by Gasteiger charge is -2.36. The van der Waals surface area contributed by atoms with Crippen molar-refractivity contribution in [3.63, 3.8) is 0 Å². The molecule has 170 valence electrons. The minimum absolute atomic E-state index is 0.302. The summed E-state index contributed by atoms with van der Waals surface area (Å²) in [6.07, 6.45) is 3.41. The van der Waals surface area contributed by atoms with Crippen molar-refractivity contribution in [2.75, 3.05) is 20.3 Å². The Labute approximate surface area is 196 Å². The zero-order valence-corrected chi connectivity index (χ0v) is 19.2. The van der Waals surface area contributed by atoms with Gasteiger partial charge in [-0.05, 0) is 30.2 Å². The van der Waals surface area contributed by atoms with Crippen molar-refractivity contribution in [3.05, 3.63) is 70.6 Å². The summed E-state index contributed by atoms with van der Waals surface area (Å²) in [6, 6.07) is 13.8. The van der Waals surface area contributed by atoms with Crippen LogP contribution in [0.15, 0.2) is 53.2 Å². The fourth-order valence-corrected chi connectivity index (χ4v) is 4.24. The van der Waals surface area contributed by atoms with Gasteiger partial charge in [-0.1, -0.05) is 47.1 Å². The quantitative estimate of drug-likeness (QED) is 0.383. The molecule has 0 N–H and O–H groups in total.